The molecule has 0 aliphatic rings. The third-order valence-electron chi connectivity index (χ3n) is 4.60. The molecule has 2 atom stereocenters. The third kappa shape index (κ3) is 5.67. The van der Waals surface area contributed by atoms with Crippen molar-refractivity contribution in [2.75, 3.05) is 5.32 Å². The topological polar surface area (TPSA) is 101 Å². The van der Waals surface area contributed by atoms with E-state index >= 15 is 0 Å². The van der Waals surface area contributed by atoms with Crippen molar-refractivity contribution in [2.24, 2.45) is 5.14 Å². The second kappa shape index (κ2) is 9.40. The van der Waals surface area contributed by atoms with Crippen LogP contribution in [0, 0.1) is 0 Å². The van der Waals surface area contributed by atoms with E-state index < -0.39 is 16.1 Å². The number of hydrogen-bond acceptors (Lipinski definition) is 4. The number of sulfonamides is 1. The molecule has 3 aromatic carbocycles. The smallest absolute Gasteiger partial charge is 0.241 e. The number of carbonyl (C=O) groups is 1. The molecule has 0 radical (unpaired) electrons. The molecule has 6 nitrogen and oxygen atoms in total. The molecule has 0 fully saturated rings. The highest BCUT2D eigenvalue weighted by atomic mass is 35.5. The summed E-state index contributed by atoms with van der Waals surface area (Å²) in [7, 11) is -3.78. The zero-order valence-corrected chi connectivity index (χ0v) is 17.8. The van der Waals surface area contributed by atoms with Crippen molar-refractivity contribution >= 4 is 33.2 Å². The summed E-state index contributed by atoms with van der Waals surface area (Å²) in [5.74, 6) is -0.256. The molecule has 8 heteroatoms. The van der Waals surface area contributed by atoms with Crippen molar-refractivity contribution in [1.29, 1.82) is 0 Å². The van der Waals surface area contributed by atoms with Crippen molar-refractivity contribution < 1.29 is 13.2 Å². The Bertz CT molecular complexity index is 1100. The number of primary sulfonamides is 1. The van der Waals surface area contributed by atoms with Gasteiger partial charge in [-0.2, -0.15) is 0 Å². The number of halogens is 1. The number of nitrogens with one attached hydrogen (secondary N) is 2. The van der Waals surface area contributed by atoms with Gasteiger partial charge in [-0.05, 0) is 54.4 Å². The van der Waals surface area contributed by atoms with Crippen LogP contribution in [0.25, 0.3) is 0 Å². The Morgan fingerprint density at radius 1 is 0.900 bits per heavy atom. The maximum Gasteiger partial charge on any atom is 0.241 e. The van der Waals surface area contributed by atoms with Crippen molar-refractivity contribution in [3.63, 3.8) is 0 Å². The van der Waals surface area contributed by atoms with E-state index in [-0.39, 0.29) is 16.8 Å². The van der Waals surface area contributed by atoms with Crippen LogP contribution >= 0.6 is 11.6 Å². The van der Waals surface area contributed by atoms with Crippen molar-refractivity contribution in [3.05, 3.63) is 95.0 Å². The normalized spacial score (nSPS) is 13.4. The Balaban J connectivity index is 1.75. The lowest BCUT2D eigenvalue weighted by atomic mass is 9.98. The molecule has 0 bridgehead atoms. The number of rotatable bonds is 7. The molecular weight excluding hydrogens is 422 g/mol. The Kier molecular flexibility index (Phi) is 6.89. The zero-order valence-electron chi connectivity index (χ0n) is 16.2. The van der Waals surface area contributed by atoms with Gasteiger partial charge in [-0.25, -0.2) is 13.6 Å². The van der Waals surface area contributed by atoms with Gasteiger partial charge in [0.1, 0.15) is 0 Å². The molecule has 156 valence electrons. The van der Waals surface area contributed by atoms with E-state index in [2.05, 4.69) is 10.6 Å². The summed E-state index contributed by atoms with van der Waals surface area (Å²) < 4.78 is 22.7. The van der Waals surface area contributed by atoms with Gasteiger partial charge in [0.2, 0.25) is 15.9 Å². The van der Waals surface area contributed by atoms with Crippen LogP contribution in [0.15, 0.2) is 83.8 Å². The van der Waals surface area contributed by atoms with E-state index in [1.165, 1.54) is 24.3 Å². The van der Waals surface area contributed by atoms with Gasteiger partial charge in [0, 0.05) is 10.7 Å². The highest BCUT2D eigenvalue weighted by Crippen LogP contribution is 2.24. The molecule has 0 saturated heterocycles. The Labute approximate surface area is 181 Å². The summed E-state index contributed by atoms with van der Waals surface area (Å²) in [6.07, 6.45) is 0. The summed E-state index contributed by atoms with van der Waals surface area (Å²) in [6, 6.07) is 22.2. The summed E-state index contributed by atoms with van der Waals surface area (Å²) in [5.41, 5.74) is 2.46. The Morgan fingerprint density at radius 2 is 1.47 bits per heavy atom. The van der Waals surface area contributed by atoms with E-state index in [4.69, 9.17) is 16.7 Å². The lowest BCUT2D eigenvalue weighted by molar-refractivity contribution is -0.117. The van der Waals surface area contributed by atoms with Gasteiger partial charge >= 0.3 is 0 Å². The molecule has 0 saturated carbocycles. The van der Waals surface area contributed by atoms with Crippen LogP contribution in [0.2, 0.25) is 5.02 Å². The van der Waals surface area contributed by atoms with Crippen LogP contribution in [0.4, 0.5) is 5.69 Å². The Morgan fingerprint density at radius 3 is 2.03 bits per heavy atom. The van der Waals surface area contributed by atoms with Gasteiger partial charge in [-0.15, -0.1) is 0 Å². The van der Waals surface area contributed by atoms with E-state index in [1.807, 2.05) is 54.6 Å². The summed E-state index contributed by atoms with van der Waals surface area (Å²) in [5, 5.41) is 11.9. The maximum atomic E-state index is 12.7. The molecule has 4 N–H and O–H groups in total. The lowest BCUT2D eigenvalue weighted by Crippen LogP contribution is -2.40. The number of hydrogen-bond donors (Lipinski definition) is 3. The fraction of sp³-hybridized carbons (Fsp3) is 0.136. The summed E-state index contributed by atoms with van der Waals surface area (Å²) >= 11 is 6.02. The van der Waals surface area contributed by atoms with E-state index in [0.29, 0.717) is 10.7 Å². The van der Waals surface area contributed by atoms with Gasteiger partial charge in [-0.1, -0.05) is 54.1 Å². The SMILES string of the molecule is CC(NC(c1ccccc1)c1ccc(Cl)cc1)C(=O)Nc1ccc(S(N)(=O)=O)cc1. The van der Waals surface area contributed by atoms with E-state index in [1.54, 1.807) is 6.92 Å². The van der Waals surface area contributed by atoms with Gasteiger partial charge in [0.15, 0.2) is 0 Å². The second-order valence-corrected chi connectivity index (χ2v) is 8.84. The maximum absolute atomic E-state index is 12.7. The van der Waals surface area contributed by atoms with Crippen LogP contribution in [0.5, 0.6) is 0 Å². The molecule has 0 spiro atoms. The van der Waals surface area contributed by atoms with E-state index in [9.17, 15) is 13.2 Å². The number of nitrogens with two attached hydrogens (primary N) is 1. The number of anilines is 1. The van der Waals surface area contributed by atoms with Gasteiger partial charge in [0.05, 0.1) is 17.0 Å². The van der Waals surface area contributed by atoms with Crippen molar-refractivity contribution in [3.8, 4) is 0 Å². The number of carbonyl (C=O) groups excluding carboxylic acids is 1. The molecule has 3 aromatic rings. The average molecular weight is 444 g/mol. The molecule has 30 heavy (non-hydrogen) atoms. The quantitative estimate of drug-likeness (QED) is 0.518. The fourth-order valence-corrected chi connectivity index (χ4v) is 3.63. The minimum Gasteiger partial charge on any atom is -0.325 e. The van der Waals surface area contributed by atoms with Crippen LogP contribution < -0.4 is 15.8 Å². The summed E-state index contributed by atoms with van der Waals surface area (Å²) in [4.78, 5) is 12.7. The third-order valence-corrected chi connectivity index (χ3v) is 5.78. The number of amides is 1. The zero-order chi connectivity index (χ0) is 21.7. The highest BCUT2D eigenvalue weighted by Gasteiger charge is 2.21. The van der Waals surface area contributed by atoms with Crippen LogP contribution in [0.3, 0.4) is 0 Å². The minimum atomic E-state index is -3.78. The molecule has 0 aromatic heterocycles. The minimum absolute atomic E-state index is 0.0152. The second-order valence-electron chi connectivity index (χ2n) is 6.84. The number of benzene rings is 3. The summed E-state index contributed by atoms with van der Waals surface area (Å²) in [6.45, 7) is 1.76. The lowest BCUT2D eigenvalue weighted by Gasteiger charge is -2.24. The van der Waals surface area contributed by atoms with Crippen LogP contribution in [0.1, 0.15) is 24.1 Å². The van der Waals surface area contributed by atoms with Gasteiger partial charge in [-0.3, -0.25) is 10.1 Å². The van der Waals surface area contributed by atoms with Gasteiger partial charge in [0.25, 0.3) is 0 Å². The first kappa shape index (κ1) is 22.0. The molecule has 2 unspecified atom stereocenters. The first-order valence-electron chi connectivity index (χ1n) is 9.24. The molecule has 0 aliphatic carbocycles. The highest BCUT2D eigenvalue weighted by molar-refractivity contribution is 7.89. The predicted octanol–water partition coefficient (Wildman–Crippen LogP) is 3.69. The Hall–Kier alpha value is -2.71. The fourth-order valence-electron chi connectivity index (χ4n) is 2.99. The molecular formula is C22H22ClN3O3S. The first-order valence-corrected chi connectivity index (χ1v) is 11.2. The van der Waals surface area contributed by atoms with Crippen LogP contribution in [-0.2, 0) is 14.8 Å². The largest absolute Gasteiger partial charge is 0.325 e. The monoisotopic (exact) mass is 443 g/mol. The molecule has 3 rings (SSSR count). The van der Waals surface area contributed by atoms with Crippen molar-refractivity contribution in [2.45, 2.75) is 23.9 Å². The van der Waals surface area contributed by atoms with E-state index in [0.717, 1.165) is 11.1 Å². The predicted molar refractivity (Wildman–Crippen MR) is 119 cm³/mol. The molecule has 0 aliphatic heterocycles. The standard InChI is InChI=1S/C22H22ClN3O3S/c1-15(22(27)26-19-11-13-20(14-12-19)30(24,28)29)25-21(16-5-3-2-4-6-16)17-7-9-18(23)10-8-17/h2-15,21,25H,1H3,(H,26,27)(H2,24,28,29). The molecule has 0 heterocycles. The molecule has 1 amide bonds. The van der Waals surface area contributed by atoms with Gasteiger partial charge < -0.3 is 5.32 Å². The first-order chi connectivity index (χ1) is 14.2. The average Bonchev–Trinajstić information content (AvgIpc) is 2.73. The van der Waals surface area contributed by atoms with Crippen molar-refractivity contribution in [1.82, 2.24) is 5.32 Å². The van der Waals surface area contributed by atoms with Crippen LogP contribution in [-0.4, -0.2) is 20.4 Å².